The van der Waals surface area contributed by atoms with E-state index < -0.39 is 4.92 Å². The maximum Gasteiger partial charge on any atom is 0.315 e. The van der Waals surface area contributed by atoms with Gasteiger partial charge in [-0.15, -0.1) is 5.11 Å². The van der Waals surface area contributed by atoms with Crippen molar-refractivity contribution in [2.75, 3.05) is 14.2 Å². The van der Waals surface area contributed by atoms with Crippen molar-refractivity contribution in [3.05, 3.63) is 52.2 Å². The second kappa shape index (κ2) is 7.11. The predicted octanol–water partition coefficient (Wildman–Crippen LogP) is 3.29. The molecule has 0 aliphatic rings. The number of ether oxygens (including phenoxy) is 2. The van der Waals surface area contributed by atoms with E-state index in [1.807, 2.05) is 0 Å². The normalized spacial score (nSPS) is 10.6. The molecule has 0 bridgehead atoms. The Morgan fingerprint density at radius 2 is 2.09 bits per heavy atom. The number of aromatic nitrogens is 1. The highest BCUT2D eigenvalue weighted by Gasteiger charge is 2.13. The maximum atomic E-state index is 10.9. The van der Waals surface area contributed by atoms with Gasteiger partial charge in [0.05, 0.1) is 25.7 Å². The second-order valence-electron chi connectivity index (χ2n) is 4.18. The second-order valence-corrected chi connectivity index (χ2v) is 4.18. The molecule has 8 heteroatoms. The summed E-state index contributed by atoms with van der Waals surface area (Å²) in [7, 11) is 3.10. The first-order valence-corrected chi connectivity index (χ1v) is 6.33. The number of nitro groups is 1. The molecule has 22 heavy (non-hydrogen) atoms. The van der Waals surface area contributed by atoms with Gasteiger partial charge in [0.1, 0.15) is 11.5 Å². The number of benzene rings is 1. The molecule has 2 aromatic rings. The van der Waals surface area contributed by atoms with Crippen LogP contribution < -0.4 is 9.47 Å². The first kappa shape index (κ1) is 15.4. The van der Waals surface area contributed by atoms with Gasteiger partial charge in [-0.1, -0.05) is 0 Å². The Labute approximate surface area is 126 Å². The van der Waals surface area contributed by atoms with Crippen LogP contribution in [0.5, 0.6) is 11.5 Å². The molecule has 0 N–H and O–H groups in total. The molecule has 0 aliphatic heterocycles. The number of pyridine rings is 1. The molecule has 1 heterocycles. The molecule has 2 rings (SSSR count). The summed E-state index contributed by atoms with van der Waals surface area (Å²) in [5.74, 6) is 1.24. The van der Waals surface area contributed by atoms with Crippen LogP contribution in [0, 0.1) is 10.1 Å². The van der Waals surface area contributed by atoms with E-state index in [1.54, 1.807) is 32.4 Å². The third kappa shape index (κ3) is 3.54. The molecule has 0 amide bonds. The van der Waals surface area contributed by atoms with Gasteiger partial charge < -0.3 is 9.47 Å². The summed E-state index contributed by atoms with van der Waals surface area (Å²) >= 11 is 0. The number of hydrogen-bond donors (Lipinski definition) is 0. The average Bonchev–Trinajstić information content (AvgIpc) is 2.55. The minimum atomic E-state index is -0.546. The Morgan fingerprint density at radius 1 is 1.27 bits per heavy atom. The van der Waals surface area contributed by atoms with Crippen molar-refractivity contribution in [1.82, 2.24) is 4.98 Å². The van der Waals surface area contributed by atoms with Crippen molar-refractivity contribution in [3.8, 4) is 11.5 Å². The standard InChI is InChI=1S/C14H14N4O4/c1-21-11-6-5-10(13(8-11)22-2)9-16-17-14-12(18(19)20)4-3-7-15-14/h3-8H,9H2,1-2H3. The summed E-state index contributed by atoms with van der Waals surface area (Å²) in [5, 5.41) is 18.6. The monoisotopic (exact) mass is 302 g/mol. The van der Waals surface area contributed by atoms with E-state index in [0.29, 0.717) is 11.5 Å². The van der Waals surface area contributed by atoms with E-state index in [4.69, 9.17) is 9.47 Å². The van der Waals surface area contributed by atoms with Crippen LogP contribution in [0.4, 0.5) is 11.5 Å². The molecule has 8 nitrogen and oxygen atoms in total. The third-order valence-corrected chi connectivity index (χ3v) is 2.86. The summed E-state index contributed by atoms with van der Waals surface area (Å²) in [4.78, 5) is 14.2. The van der Waals surface area contributed by atoms with Crippen molar-refractivity contribution in [1.29, 1.82) is 0 Å². The Morgan fingerprint density at radius 3 is 2.77 bits per heavy atom. The van der Waals surface area contributed by atoms with Gasteiger partial charge in [-0.2, -0.15) is 5.11 Å². The SMILES string of the molecule is COc1ccc(CN=Nc2ncccc2[N+](=O)[O-])c(OC)c1. The Hall–Kier alpha value is -3.03. The fourth-order valence-corrected chi connectivity index (χ4v) is 1.77. The maximum absolute atomic E-state index is 10.9. The highest BCUT2D eigenvalue weighted by Crippen LogP contribution is 2.27. The van der Waals surface area contributed by atoms with E-state index >= 15 is 0 Å². The highest BCUT2D eigenvalue weighted by molar-refractivity contribution is 5.50. The largest absolute Gasteiger partial charge is 0.497 e. The fraction of sp³-hybridized carbons (Fsp3) is 0.214. The third-order valence-electron chi connectivity index (χ3n) is 2.86. The van der Waals surface area contributed by atoms with Gasteiger partial charge in [-0.05, 0) is 18.2 Å². The van der Waals surface area contributed by atoms with Crippen molar-refractivity contribution >= 4 is 11.5 Å². The van der Waals surface area contributed by atoms with Crippen LogP contribution in [0.1, 0.15) is 5.56 Å². The smallest absolute Gasteiger partial charge is 0.315 e. The molecule has 1 aromatic heterocycles. The Kier molecular flexibility index (Phi) is 4.97. The molecule has 0 saturated heterocycles. The number of rotatable bonds is 6. The first-order valence-electron chi connectivity index (χ1n) is 6.33. The molecular formula is C14H14N4O4. The van der Waals surface area contributed by atoms with Crippen LogP contribution in [0.15, 0.2) is 46.8 Å². The molecule has 0 spiro atoms. The van der Waals surface area contributed by atoms with Gasteiger partial charge in [-0.25, -0.2) is 4.98 Å². The zero-order valence-corrected chi connectivity index (χ0v) is 12.1. The van der Waals surface area contributed by atoms with E-state index in [1.165, 1.54) is 18.3 Å². The summed E-state index contributed by atoms with van der Waals surface area (Å²) in [5.41, 5.74) is 0.596. The zero-order valence-electron chi connectivity index (χ0n) is 12.1. The molecule has 0 unspecified atom stereocenters. The molecule has 0 aliphatic carbocycles. The lowest BCUT2D eigenvalue weighted by Gasteiger charge is -2.07. The van der Waals surface area contributed by atoms with Gasteiger partial charge >= 0.3 is 5.69 Å². The molecule has 0 fully saturated rings. The minimum absolute atomic E-state index is 0.0278. The summed E-state index contributed by atoms with van der Waals surface area (Å²) < 4.78 is 10.4. The predicted molar refractivity (Wildman–Crippen MR) is 78.7 cm³/mol. The summed E-state index contributed by atoms with van der Waals surface area (Å²) in [6.07, 6.45) is 1.43. The van der Waals surface area contributed by atoms with E-state index in [2.05, 4.69) is 15.2 Å². The van der Waals surface area contributed by atoms with Gasteiger partial charge in [0, 0.05) is 23.9 Å². The molecule has 0 saturated carbocycles. The molecule has 114 valence electrons. The van der Waals surface area contributed by atoms with E-state index in [-0.39, 0.29) is 18.1 Å². The number of methoxy groups -OCH3 is 2. The summed E-state index contributed by atoms with van der Waals surface area (Å²) in [6, 6.07) is 8.10. The Bertz CT molecular complexity index is 703. The summed E-state index contributed by atoms with van der Waals surface area (Å²) in [6.45, 7) is 0.209. The molecule has 0 radical (unpaired) electrons. The topological polar surface area (TPSA) is 99.2 Å². The number of azo groups is 1. The minimum Gasteiger partial charge on any atom is -0.497 e. The lowest BCUT2D eigenvalue weighted by atomic mass is 10.2. The van der Waals surface area contributed by atoms with Crippen molar-refractivity contribution in [2.24, 2.45) is 10.2 Å². The van der Waals surface area contributed by atoms with Crippen molar-refractivity contribution < 1.29 is 14.4 Å². The highest BCUT2D eigenvalue weighted by atomic mass is 16.6. The quantitative estimate of drug-likeness (QED) is 0.463. The molecule has 0 atom stereocenters. The first-order chi connectivity index (χ1) is 10.7. The number of nitrogens with zero attached hydrogens (tertiary/aromatic N) is 4. The zero-order chi connectivity index (χ0) is 15.9. The van der Waals surface area contributed by atoms with Crippen LogP contribution in [-0.4, -0.2) is 24.1 Å². The van der Waals surface area contributed by atoms with Gasteiger partial charge in [-0.3, -0.25) is 10.1 Å². The van der Waals surface area contributed by atoms with Gasteiger partial charge in [0.25, 0.3) is 5.82 Å². The van der Waals surface area contributed by atoms with Gasteiger partial charge in [0.2, 0.25) is 0 Å². The van der Waals surface area contributed by atoms with Crippen molar-refractivity contribution in [3.63, 3.8) is 0 Å². The van der Waals surface area contributed by atoms with Crippen LogP contribution in [0.25, 0.3) is 0 Å². The van der Waals surface area contributed by atoms with Gasteiger partial charge in [0.15, 0.2) is 0 Å². The molecular weight excluding hydrogens is 288 g/mol. The van der Waals surface area contributed by atoms with Crippen molar-refractivity contribution in [2.45, 2.75) is 6.54 Å². The van der Waals surface area contributed by atoms with Crippen LogP contribution in [0.2, 0.25) is 0 Å². The van der Waals surface area contributed by atoms with E-state index in [0.717, 1.165) is 5.56 Å². The van der Waals surface area contributed by atoms with Crippen LogP contribution in [0.3, 0.4) is 0 Å². The number of hydrogen-bond acceptors (Lipinski definition) is 7. The Balaban J connectivity index is 2.18. The lowest BCUT2D eigenvalue weighted by molar-refractivity contribution is -0.384. The fourth-order valence-electron chi connectivity index (χ4n) is 1.77. The van der Waals surface area contributed by atoms with Crippen LogP contribution in [-0.2, 0) is 6.54 Å². The lowest BCUT2D eigenvalue weighted by Crippen LogP contribution is -1.92. The molecule has 1 aromatic carbocycles. The van der Waals surface area contributed by atoms with Crippen LogP contribution >= 0.6 is 0 Å². The average molecular weight is 302 g/mol. The van der Waals surface area contributed by atoms with E-state index in [9.17, 15) is 10.1 Å².